The number of carbonyl (C=O) groups is 2. The molecule has 1 rings (SSSR count). The first kappa shape index (κ1) is 11.9. The summed E-state index contributed by atoms with van der Waals surface area (Å²) < 4.78 is 4.57. The van der Waals surface area contributed by atoms with Crippen molar-refractivity contribution in [1.82, 2.24) is 0 Å². The Morgan fingerprint density at radius 2 is 2.25 bits per heavy atom. The number of ether oxygens (including phenoxy) is 1. The molecule has 0 aromatic heterocycles. The quantitative estimate of drug-likeness (QED) is 0.571. The molecule has 0 saturated heterocycles. The van der Waals surface area contributed by atoms with Gasteiger partial charge < -0.3 is 4.74 Å². The Balaban J connectivity index is 3.50. The third kappa shape index (κ3) is 1.94. The van der Waals surface area contributed by atoms with E-state index in [1.165, 1.54) is 19.2 Å². The van der Waals surface area contributed by atoms with E-state index < -0.39 is 5.97 Å². The van der Waals surface area contributed by atoms with Crippen molar-refractivity contribution in [2.45, 2.75) is 13.3 Å². The fourth-order valence-corrected chi connectivity index (χ4v) is 1.57. The molecular weight excluding hydrogens is 206 g/mol. The van der Waals surface area contributed by atoms with Gasteiger partial charge >= 0.3 is 5.97 Å². The first-order valence-corrected chi connectivity index (χ1v) is 4.79. The Kier molecular flexibility index (Phi) is 3.78. The van der Waals surface area contributed by atoms with Crippen molar-refractivity contribution < 1.29 is 14.3 Å². The second-order valence-electron chi connectivity index (χ2n) is 3.13. The topological polar surface area (TPSA) is 67.2 Å². The minimum Gasteiger partial charge on any atom is -0.465 e. The summed E-state index contributed by atoms with van der Waals surface area (Å²) in [6.07, 6.45) is 1.10. The molecule has 16 heavy (non-hydrogen) atoms. The van der Waals surface area contributed by atoms with Gasteiger partial charge in [0.15, 0.2) is 6.29 Å². The van der Waals surface area contributed by atoms with E-state index in [0.29, 0.717) is 23.8 Å². The molecule has 0 aliphatic rings. The number of nitrogens with zero attached hydrogens (tertiary/aromatic N) is 1. The van der Waals surface area contributed by atoms with Crippen LogP contribution in [-0.4, -0.2) is 19.4 Å². The van der Waals surface area contributed by atoms with Crippen LogP contribution >= 0.6 is 0 Å². The average Bonchev–Trinajstić information content (AvgIpc) is 2.35. The van der Waals surface area contributed by atoms with E-state index in [0.717, 1.165) is 0 Å². The van der Waals surface area contributed by atoms with Gasteiger partial charge in [-0.25, -0.2) is 4.79 Å². The molecule has 0 aliphatic carbocycles. The van der Waals surface area contributed by atoms with Crippen LogP contribution < -0.4 is 0 Å². The maximum Gasteiger partial charge on any atom is 0.338 e. The molecule has 0 aliphatic heterocycles. The van der Waals surface area contributed by atoms with E-state index in [-0.39, 0.29) is 11.1 Å². The van der Waals surface area contributed by atoms with Gasteiger partial charge in [-0.15, -0.1) is 0 Å². The lowest BCUT2D eigenvalue weighted by Gasteiger charge is -2.08. The van der Waals surface area contributed by atoms with Crippen LogP contribution in [0.1, 0.15) is 38.8 Å². The number of carbonyl (C=O) groups excluding carboxylic acids is 2. The van der Waals surface area contributed by atoms with Crippen LogP contribution in [0.15, 0.2) is 12.1 Å². The largest absolute Gasteiger partial charge is 0.465 e. The maximum absolute atomic E-state index is 11.4. The zero-order chi connectivity index (χ0) is 12.1. The molecule has 0 spiro atoms. The lowest BCUT2D eigenvalue weighted by atomic mass is 9.95. The summed E-state index contributed by atoms with van der Waals surface area (Å²) in [6, 6.07) is 4.96. The van der Waals surface area contributed by atoms with Crippen LogP contribution in [0.3, 0.4) is 0 Å². The van der Waals surface area contributed by atoms with E-state index in [9.17, 15) is 9.59 Å². The summed E-state index contributed by atoms with van der Waals surface area (Å²) in [5.41, 5.74) is 1.44. The molecule has 0 amide bonds. The first-order valence-electron chi connectivity index (χ1n) is 4.79. The number of aldehydes is 1. The molecule has 0 heterocycles. The summed E-state index contributed by atoms with van der Waals surface area (Å²) in [6.45, 7) is 1.82. The molecule has 1 aromatic rings. The fraction of sp³-hybridized carbons (Fsp3) is 0.250. The van der Waals surface area contributed by atoms with Crippen LogP contribution in [0.2, 0.25) is 0 Å². The SMILES string of the molecule is CCc1c(C#N)ccc(C(=O)OC)c1C=O. The summed E-state index contributed by atoms with van der Waals surface area (Å²) in [5.74, 6) is -0.568. The van der Waals surface area contributed by atoms with Crippen LogP contribution in [0.5, 0.6) is 0 Å². The van der Waals surface area contributed by atoms with Crippen molar-refractivity contribution in [1.29, 1.82) is 5.26 Å². The number of benzene rings is 1. The highest BCUT2D eigenvalue weighted by atomic mass is 16.5. The monoisotopic (exact) mass is 217 g/mol. The van der Waals surface area contributed by atoms with Gasteiger partial charge in [0.25, 0.3) is 0 Å². The summed E-state index contributed by atoms with van der Waals surface area (Å²) in [4.78, 5) is 22.4. The van der Waals surface area contributed by atoms with E-state index >= 15 is 0 Å². The van der Waals surface area contributed by atoms with Crippen molar-refractivity contribution in [2.75, 3.05) is 7.11 Å². The lowest BCUT2D eigenvalue weighted by Crippen LogP contribution is -2.09. The van der Waals surface area contributed by atoms with Crippen LogP contribution in [0, 0.1) is 11.3 Å². The molecule has 0 unspecified atom stereocenters. The number of methoxy groups -OCH3 is 1. The number of nitriles is 1. The molecule has 82 valence electrons. The molecular formula is C12H11NO3. The molecule has 4 nitrogen and oxygen atoms in total. The Morgan fingerprint density at radius 3 is 2.69 bits per heavy atom. The number of hydrogen-bond donors (Lipinski definition) is 0. The molecule has 0 saturated carbocycles. The van der Waals surface area contributed by atoms with Crippen molar-refractivity contribution in [3.8, 4) is 6.07 Å². The van der Waals surface area contributed by atoms with Gasteiger partial charge in [0.1, 0.15) is 0 Å². The third-order valence-corrected chi connectivity index (χ3v) is 2.35. The van der Waals surface area contributed by atoms with Gasteiger partial charge in [0.2, 0.25) is 0 Å². The minimum absolute atomic E-state index is 0.202. The smallest absolute Gasteiger partial charge is 0.338 e. The van der Waals surface area contributed by atoms with Crippen LogP contribution in [0.4, 0.5) is 0 Å². The van der Waals surface area contributed by atoms with Crippen molar-refractivity contribution >= 4 is 12.3 Å². The van der Waals surface area contributed by atoms with E-state index in [2.05, 4.69) is 4.74 Å². The van der Waals surface area contributed by atoms with Crippen LogP contribution in [-0.2, 0) is 11.2 Å². The van der Waals surface area contributed by atoms with Crippen LogP contribution in [0.25, 0.3) is 0 Å². The Hall–Kier alpha value is -2.15. The molecule has 0 bridgehead atoms. The van der Waals surface area contributed by atoms with Gasteiger partial charge in [0.05, 0.1) is 24.3 Å². The highest BCUT2D eigenvalue weighted by Gasteiger charge is 2.16. The predicted molar refractivity (Wildman–Crippen MR) is 57.3 cm³/mol. The van der Waals surface area contributed by atoms with E-state index in [1.807, 2.05) is 13.0 Å². The molecule has 0 atom stereocenters. The Labute approximate surface area is 93.5 Å². The maximum atomic E-state index is 11.4. The third-order valence-electron chi connectivity index (χ3n) is 2.35. The first-order chi connectivity index (χ1) is 7.69. The molecule has 4 heteroatoms. The van der Waals surface area contributed by atoms with Gasteiger partial charge in [-0.3, -0.25) is 4.79 Å². The summed E-state index contributed by atoms with van der Waals surface area (Å²) >= 11 is 0. The predicted octanol–water partition coefficient (Wildman–Crippen LogP) is 1.72. The van der Waals surface area contributed by atoms with Crippen molar-refractivity contribution in [3.63, 3.8) is 0 Å². The normalized spacial score (nSPS) is 9.31. The molecule has 1 aromatic carbocycles. The minimum atomic E-state index is -0.568. The van der Waals surface area contributed by atoms with Crippen molar-refractivity contribution in [3.05, 3.63) is 34.4 Å². The van der Waals surface area contributed by atoms with Gasteiger partial charge in [-0.1, -0.05) is 6.92 Å². The Bertz CT molecular complexity index is 472. The highest BCUT2D eigenvalue weighted by molar-refractivity contribution is 5.99. The standard InChI is InChI=1S/C12H11NO3/c1-3-9-8(6-13)4-5-10(11(9)7-14)12(15)16-2/h4-5,7H,3H2,1-2H3. The molecule has 0 N–H and O–H groups in total. The van der Waals surface area contributed by atoms with Gasteiger partial charge in [0, 0.05) is 5.56 Å². The highest BCUT2D eigenvalue weighted by Crippen LogP contribution is 2.19. The zero-order valence-electron chi connectivity index (χ0n) is 9.11. The van der Waals surface area contributed by atoms with E-state index in [1.54, 1.807) is 0 Å². The fourth-order valence-electron chi connectivity index (χ4n) is 1.57. The molecule has 0 fully saturated rings. The second kappa shape index (κ2) is 5.08. The number of rotatable bonds is 3. The number of esters is 1. The van der Waals surface area contributed by atoms with Crippen molar-refractivity contribution in [2.24, 2.45) is 0 Å². The molecule has 0 radical (unpaired) electrons. The Morgan fingerprint density at radius 1 is 1.56 bits per heavy atom. The average molecular weight is 217 g/mol. The second-order valence-corrected chi connectivity index (χ2v) is 3.13. The van der Waals surface area contributed by atoms with E-state index in [4.69, 9.17) is 5.26 Å². The lowest BCUT2D eigenvalue weighted by molar-refractivity contribution is 0.0598. The zero-order valence-corrected chi connectivity index (χ0v) is 9.11. The summed E-state index contributed by atoms with van der Waals surface area (Å²) in [7, 11) is 1.25. The van der Waals surface area contributed by atoms with Gasteiger partial charge in [-0.05, 0) is 24.1 Å². The number of hydrogen-bond acceptors (Lipinski definition) is 4. The van der Waals surface area contributed by atoms with Gasteiger partial charge in [-0.2, -0.15) is 5.26 Å². The summed E-state index contributed by atoms with van der Waals surface area (Å²) in [5, 5.41) is 8.87.